The Morgan fingerprint density at radius 2 is 2.20 bits per heavy atom. The average Bonchev–Trinajstić information content (AvgIpc) is 2.28. The summed E-state index contributed by atoms with van der Waals surface area (Å²) in [6.45, 7) is 0. The number of carbonyl (C=O) groups excluding carboxylic acids is 1. The lowest BCUT2D eigenvalue weighted by Crippen LogP contribution is -1.99. The van der Waals surface area contributed by atoms with Crippen LogP contribution in [0.15, 0.2) is 12.1 Å². The van der Waals surface area contributed by atoms with Crippen LogP contribution in [-0.2, 0) is 6.42 Å². The lowest BCUT2D eigenvalue weighted by atomic mass is 9.99. The lowest BCUT2D eigenvalue weighted by molar-refractivity contribution is 0.112. The molecule has 1 rings (SSSR count). The Balaban J connectivity index is 3.47. The number of ether oxygens (including phenoxy) is 1. The number of aldehydes is 1. The Kier molecular flexibility index (Phi) is 3.43. The van der Waals surface area contributed by atoms with Crippen molar-refractivity contribution in [1.29, 1.82) is 10.5 Å². The van der Waals surface area contributed by atoms with Gasteiger partial charge in [0.1, 0.15) is 18.1 Å². The highest BCUT2D eigenvalue weighted by Crippen LogP contribution is 2.24. The molecule has 4 heteroatoms. The summed E-state index contributed by atoms with van der Waals surface area (Å²) in [6.07, 6.45) is 0.654. The first-order chi connectivity index (χ1) is 7.28. The van der Waals surface area contributed by atoms with Crippen LogP contribution >= 0.6 is 0 Å². The van der Waals surface area contributed by atoms with E-state index >= 15 is 0 Å². The van der Waals surface area contributed by atoms with E-state index < -0.39 is 0 Å². The first kappa shape index (κ1) is 10.7. The molecule has 0 heterocycles. The molecule has 0 spiro atoms. The van der Waals surface area contributed by atoms with Crippen LogP contribution in [0.25, 0.3) is 0 Å². The van der Waals surface area contributed by atoms with E-state index in [4.69, 9.17) is 15.3 Å². The molecule has 0 amide bonds. The molecule has 1 aromatic rings. The molecular weight excluding hydrogens is 192 g/mol. The molecule has 15 heavy (non-hydrogen) atoms. The third-order valence-corrected chi connectivity index (χ3v) is 2.03. The number of benzene rings is 1. The minimum atomic E-state index is 0.0220. The van der Waals surface area contributed by atoms with Gasteiger partial charge in [-0.05, 0) is 17.7 Å². The molecule has 0 atom stereocenters. The number of hydrogen-bond donors (Lipinski definition) is 0. The molecule has 1 aromatic carbocycles. The molecular formula is C11H8N2O2. The Bertz CT molecular complexity index is 467. The second-order valence-electron chi connectivity index (χ2n) is 2.78. The van der Waals surface area contributed by atoms with Crippen molar-refractivity contribution in [1.82, 2.24) is 0 Å². The zero-order chi connectivity index (χ0) is 11.3. The van der Waals surface area contributed by atoms with Crippen molar-refractivity contribution in [2.75, 3.05) is 7.11 Å². The third-order valence-electron chi connectivity index (χ3n) is 2.03. The van der Waals surface area contributed by atoms with Gasteiger partial charge in [0.15, 0.2) is 0 Å². The molecule has 0 bridgehead atoms. The van der Waals surface area contributed by atoms with Crippen molar-refractivity contribution in [3.05, 3.63) is 28.8 Å². The number of hydrogen-bond acceptors (Lipinski definition) is 4. The van der Waals surface area contributed by atoms with Gasteiger partial charge in [0.05, 0.1) is 25.2 Å². The quantitative estimate of drug-likeness (QED) is 0.692. The van der Waals surface area contributed by atoms with Crippen LogP contribution in [0.1, 0.15) is 21.5 Å². The van der Waals surface area contributed by atoms with Crippen LogP contribution in [0.3, 0.4) is 0 Å². The van der Waals surface area contributed by atoms with E-state index in [0.29, 0.717) is 23.2 Å². The summed E-state index contributed by atoms with van der Waals surface area (Å²) < 4.78 is 4.97. The van der Waals surface area contributed by atoms with Crippen molar-refractivity contribution in [2.45, 2.75) is 6.42 Å². The molecule has 0 saturated heterocycles. The molecule has 0 aliphatic heterocycles. The first-order valence-corrected chi connectivity index (χ1v) is 4.20. The molecule has 0 aliphatic rings. The first-order valence-electron chi connectivity index (χ1n) is 4.20. The van der Waals surface area contributed by atoms with E-state index in [9.17, 15) is 4.79 Å². The topological polar surface area (TPSA) is 73.9 Å². The highest BCUT2D eigenvalue weighted by Gasteiger charge is 2.12. The van der Waals surface area contributed by atoms with Gasteiger partial charge in [0, 0.05) is 5.56 Å². The summed E-state index contributed by atoms with van der Waals surface area (Å²) >= 11 is 0. The number of methoxy groups -OCH3 is 1. The molecule has 74 valence electrons. The average molecular weight is 200 g/mol. The van der Waals surface area contributed by atoms with Gasteiger partial charge in [-0.25, -0.2) is 0 Å². The van der Waals surface area contributed by atoms with E-state index in [0.717, 1.165) is 0 Å². The Hall–Kier alpha value is -2.33. The normalized spacial score (nSPS) is 8.73. The highest BCUT2D eigenvalue weighted by molar-refractivity contribution is 5.80. The molecule has 0 N–H and O–H groups in total. The monoisotopic (exact) mass is 200 g/mol. The zero-order valence-corrected chi connectivity index (χ0v) is 8.15. The maximum atomic E-state index is 10.7. The van der Waals surface area contributed by atoms with Crippen molar-refractivity contribution in [3.8, 4) is 17.9 Å². The molecule has 4 nitrogen and oxygen atoms in total. The van der Waals surface area contributed by atoms with Gasteiger partial charge in [0.25, 0.3) is 0 Å². The Morgan fingerprint density at radius 3 is 2.67 bits per heavy atom. The van der Waals surface area contributed by atoms with Gasteiger partial charge < -0.3 is 4.74 Å². The Labute approximate surface area is 87.3 Å². The summed E-state index contributed by atoms with van der Waals surface area (Å²) in [5, 5.41) is 17.5. The van der Waals surface area contributed by atoms with Crippen molar-refractivity contribution >= 4 is 6.29 Å². The SMILES string of the molecule is COc1ccc(C=O)c(CC#N)c1C#N. The summed E-state index contributed by atoms with van der Waals surface area (Å²) in [6, 6.07) is 6.94. The van der Waals surface area contributed by atoms with E-state index in [1.54, 1.807) is 12.1 Å². The fourth-order valence-electron chi connectivity index (χ4n) is 1.32. The van der Waals surface area contributed by atoms with Crippen LogP contribution in [0.4, 0.5) is 0 Å². The van der Waals surface area contributed by atoms with Crippen molar-refractivity contribution in [3.63, 3.8) is 0 Å². The molecule has 0 aliphatic carbocycles. The van der Waals surface area contributed by atoms with Crippen LogP contribution in [0.2, 0.25) is 0 Å². The number of nitriles is 2. The third kappa shape index (κ3) is 1.95. The molecule has 0 radical (unpaired) electrons. The summed E-state index contributed by atoms with van der Waals surface area (Å²) in [7, 11) is 1.44. The minimum Gasteiger partial charge on any atom is -0.495 e. The van der Waals surface area contributed by atoms with Gasteiger partial charge in [-0.15, -0.1) is 0 Å². The number of rotatable bonds is 3. The predicted molar refractivity (Wildman–Crippen MR) is 52.4 cm³/mol. The molecule has 0 aromatic heterocycles. The maximum Gasteiger partial charge on any atom is 0.150 e. The van der Waals surface area contributed by atoms with Crippen LogP contribution in [-0.4, -0.2) is 13.4 Å². The van der Waals surface area contributed by atoms with E-state index in [1.165, 1.54) is 7.11 Å². The van der Waals surface area contributed by atoms with E-state index in [2.05, 4.69) is 0 Å². The maximum absolute atomic E-state index is 10.7. The van der Waals surface area contributed by atoms with Crippen LogP contribution in [0, 0.1) is 22.7 Å². The van der Waals surface area contributed by atoms with Gasteiger partial charge in [-0.2, -0.15) is 10.5 Å². The summed E-state index contributed by atoms with van der Waals surface area (Å²) in [4.78, 5) is 10.7. The lowest BCUT2D eigenvalue weighted by Gasteiger charge is -2.07. The highest BCUT2D eigenvalue weighted by atomic mass is 16.5. The van der Waals surface area contributed by atoms with Crippen molar-refractivity contribution < 1.29 is 9.53 Å². The van der Waals surface area contributed by atoms with Crippen molar-refractivity contribution in [2.24, 2.45) is 0 Å². The summed E-state index contributed by atoms with van der Waals surface area (Å²) in [5.41, 5.74) is 1.03. The van der Waals surface area contributed by atoms with Crippen LogP contribution in [0.5, 0.6) is 5.75 Å². The fourth-order valence-corrected chi connectivity index (χ4v) is 1.32. The van der Waals surface area contributed by atoms with E-state index in [-0.39, 0.29) is 12.0 Å². The Morgan fingerprint density at radius 1 is 1.47 bits per heavy atom. The number of carbonyl (C=O) groups is 1. The molecule has 0 unspecified atom stereocenters. The van der Waals surface area contributed by atoms with Gasteiger partial charge in [-0.3, -0.25) is 4.79 Å². The largest absolute Gasteiger partial charge is 0.495 e. The zero-order valence-electron chi connectivity index (χ0n) is 8.15. The molecule has 0 saturated carbocycles. The van der Waals surface area contributed by atoms with Gasteiger partial charge in [-0.1, -0.05) is 0 Å². The summed E-state index contributed by atoms with van der Waals surface area (Å²) in [5.74, 6) is 0.383. The molecule has 0 fully saturated rings. The number of nitrogens with zero attached hydrogens (tertiary/aromatic N) is 2. The van der Waals surface area contributed by atoms with Crippen LogP contribution < -0.4 is 4.74 Å². The predicted octanol–water partition coefficient (Wildman–Crippen LogP) is 1.45. The minimum absolute atomic E-state index is 0.0220. The fraction of sp³-hybridized carbons (Fsp3) is 0.182. The van der Waals surface area contributed by atoms with E-state index in [1.807, 2.05) is 12.1 Å². The second-order valence-corrected chi connectivity index (χ2v) is 2.78. The standard InChI is InChI=1S/C11H8N2O2/c1-15-11-3-2-8(7-14)9(4-5-12)10(11)6-13/h2-3,7H,4H2,1H3. The smallest absolute Gasteiger partial charge is 0.150 e. The van der Waals surface area contributed by atoms with Gasteiger partial charge in [0.2, 0.25) is 0 Å². The van der Waals surface area contributed by atoms with Gasteiger partial charge >= 0.3 is 0 Å². The second kappa shape index (κ2) is 4.78.